The van der Waals surface area contributed by atoms with Crippen LogP contribution in [0.15, 0.2) is 0 Å². The molecule has 2 fully saturated rings. The zero-order chi connectivity index (χ0) is 9.10. The first-order chi connectivity index (χ1) is 6.36. The minimum atomic E-state index is 0.332. The van der Waals surface area contributed by atoms with Crippen LogP contribution >= 0.6 is 0 Å². The van der Waals surface area contributed by atoms with Gasteiger partial charge in [-0.1, -0.05) is 0 Å². The number of Topliss-reactive ketones (excluding diaryl/α,β-unsaturated/α-hetero) is 1. The van der Waals surface area contributed by atoms with E-state index in [9.17, 15) is 4.79 Å². The molecule has 2 aliphatic rings. The van der Waals surface area contributed by atoms with Crippen LogP contribution in [0.1, 0.15) is 19.3 Å². The number of hydrogen-bond acceptors (Lipinski definition) is 3. The Morgan fingerprint density at radius 3 is 2.77 bits per heavy atom. The third kappa shape index (κ3) is 2.29. The molecule has 1 atom stereocenters. The Morgan fingerprint density at radius 1 is 1.38 bits per heavy atom. The summed E-state index contributed by atoms with van der Waals surface area (Å²) in [5.41, 5.74) is 0. The molecule has 2 rings (SSSR count). The minimum Gasteiger partial charge on any atom is -0.379 e. The van der Waals surface area contributed by atoms with Crippen molar-refractivity contribution < 1.29 is 9.53 Å². The quantitative estimate of drug-likeness (QED) is 0.630. The SMILES string of the molecule is O=C1CCCC1CN1CCOCC1. The van der Waals surface area contributed by atoms with Crippen molar-refractivity contribution in [3.8, 4) is 0 Å². The summed E-state index contributed by atoms with van der Waals surface area (Å²) in [6, 6.07) is 0. The Kier molecular flexibility index (Phi) is 2.96. The molecule has 0 aromatic carbocycles. The lowest BCUT2D eigenvalue weighted by Crippen LogP contribution is -2.40. The average molecular weight is 183 g/mol. The Morgan fingerprint density at radius 2 is 2.15 bits per heavy atom. The van der Waals surface area contributed by atoms with Crippen LogP contribution in [0, 0.1) is 5.92 Å². The van der Waals surface area contributed by atoms with Gasteiger partial charge >= 0.3 is 0 Å². The summed E-state index contributed by atoms with van der Waals surface area (Å²) in [6.45, 7) is 4.65. The number of carbonyl (C=O) groups is 1. The van der Waals surface area contributed by atoms with E-state index in [1.165, 1.54) is 0 Å². The first kappa shape index (κ1) is 9.16. The normalized spacial score (nSPS) is 31.1. The van der Waals surface area contributed by atoms with Crippen molar-refractivity contribution in [1.29, 1.82) is 0 Å². The van der Waals surface area contributed by atoms with Gasteiger partial charge in [0.25, 0.3) is 0 Å². The van der Waals surface area contributed by atoms with Crippen molar-refractivity contribution in [2.45, 2.75) is 19.3 Å². The smallest absolute Gasteiger partial charge is 0.137 e. The third-order valence-electron chi connectivity index (χ3n) is 3.01. The summed E-state index contributed by atoms with van der Waals surface area (Å²) in [5.74, 6) is 0.810. The molecule has 1 saturated heterocycles. The molecule has 0 N–H and O–H groups in total. The fourth-order valence-electron chi connectivity index (χ4n) is 2.18. The molecule has 0 aromatic heterocycles. The number of ether oxygens (including phenoxy) is 1. The summed E-state index contributed by atoms with van der Waals surface area (Å²) in [4.78, 5) is 13.7. The molecule has 1 heterocycles. The van der Waals surface area contributed by atoms with Gasteiger partial charge in [0.2, 0.25) is 0 Å². The molecule has 0 amide bonds. The number of nitrogens with zero attached hydrogens (tertiary/aromatic N) is 1. The standard InChI is InChI=1S/C10H17NO2/c12-10-3-1-2-9(10)8-11-4-6-13-7-5-11/h9H,1-8H2. The van der Waals surface area contributed by atoms with Crippen LogP contribution in [0.3, 0.4) is 0 Å². The zero-order valence-corrected chi connectivity index (χ0v) is 8.00. The number of morpholine rings is 1. The first-order valence-electron chi connectivity index (χ1n) is 5.19. The van der Waals surface area contributed by atoms with E-state index >= 15 is 0 Å². The van der Waals surface area contributed by atoms with Crippen LogP contribution in [0.2, 0.25) is 0 Å². The summed E-state index contributed by atoms with van der Waals surface area (Å²) < 4.78 is 5.26. The van der Waals surface area contributed by atoms with Gasteiger partial charge in [-0.3, -0.25) is 9.69 Å². The molecule has 0 aromatic rings. The van der Waals surface area contributed by atoms with Gasteiger partial charge in [0.15, 0.2) is 0 Å². The Bertz CT molecular complexity index is 187. The Labute approximate surface area is 79.0 Å². The van der Waals surface area contributed by atoms with Crippen LogP contribution in [0.25, 0.3) is 0 Å². The molecule has 0 radical (unpaired) electrons. The molecular formula is C10H17NO2. The molecule has 0 spiro atoms. The van der Waals surface area contributed by atoms with Crippen molar-refractivity contribution in [3.63, 3.8) is 0 Å². The van der Waals surface area contributed by atoms with Gasteiger partial charge in [0, 0.05) is 32.0 Å². The van der Waals surface area contributed by atoms with Gasteiger partial charge in [-0.25, -0.2) is 0 Å². The highest BCUT2D eigenvalue weighted by Gasteiger charge is 2.26. The second-order valence-corrected chi connectivity index (χ2v) is 3.97. The number of hydrogen-bond donors (Lipinski definition) is 0. The lowest BCUT2D eigenvalue weighted by Gasteiger charge is -2.28. The Hall–Kier alpha value is -0.410. The molecule has 1 aliphatic heterocycles. The fourth-order valence-corrected chi connectivity index (χ4v) is 2.18. The third-order valence-corrected chi connectivity index (χ3v) is 3.01. The molecule has 1 saturated carbocycles. The van der Waals surface area contributed by atoms with Gasteiger partial charge in [-0.15, -0.1) is 0 Å². The minimum absolute atomic E-state index is 0.332. The maximum absolute atomic E-state index is 11.4. The highest BCUT2D eigenvalue weighted by molar-refractivity contribution is 5.83. The average Bonchev–Trinajstić information content (AvgIpc) is 2.54. The number of carbonyl (C=O) groups excluding carboxylic acids is 1. The highest BCUT2D eigenvalue weighted by Crippen LogP contribution is 2.22. The van der Waals surface area contributed by atoms with Crippen LogP contribution in [-0.4, -0.2) is 43.5 Å². The highest BCUT2D eigenvalue weighted by atomic mass is 16.5. The number of rotatable bonds is 2. The van der Waals surface area contributed by atoms with E-state index in [1.807, 2.05) is 0 Å². The maximum Gasteiger partial charge on any atom is 0.137 e. The second-order valence-electron chi connectivity index (χ2n) is 3.97. The predicted molar refractivity (Wildman–Crippen MR) is 49.6 cm³/mol. The van der Waals surface area contributed by atoms with E-state index in [2.05, 4.69) is 4.90 Å². The molecule has 13 heavy (non-hydrogen) atoms. The summed E-state index contributed by atoms with van der Waals surface area (Å²) >= 11 is 0. The van der Waals surface area contributed by atoms with E-state index in [1.54, 1.807) is 0 Å². The van der Waals surface area contributed by atoms with Crippen molar-refractivity contribution in [3.05, 3.63) is 0 Å². The largest absolute Gasteiger partial charge is 0.379 e. The van der Waals surface area contributed by atoms with Crippen LogP contribution in [0.5, 0.6) is 0 Å². The van der Waals surface area contributed by atoms with E-state index in [0.29, 0.717) is 11.7 Å². The molecule has 1 unspecified atom stereocenters. The molecule has 1 aliphatic carbocycles. The van der Waals surface area contributed by atoms with Crippen LogP contribution < -0.4 is 0 Å². The lowest BCUT2D eigenvalue weighted by atomic mass is 10.1. The van der Waals surface area contributed by atoms with Gasteiger partial charge < -0.3 is 4.74 Å². The van der Waals surface area contributed by atoms with Gasteiger partial charge in [-0.05, 0) is 12.8 Å². The van der Waals surface area contributed by atoms with Crippen LogP contribution in [-0.2, 0) is 9.53 Å². The maximum atomic E-state index is 11.4. The molecule has 3 heteroatoms. The van der Waals surface area contributed by atoms with Crippen molar-refractivity contribution in [1.82, 2.24) is 4.90 Å². The number of ketones is 1. The molecule has 3 nitrogen and oxygen atoms in total. The van der Waals surface area contributed by atoms with Gasteiger partial charge in [0.1, 0.15) is 5.78 Å². The van der Waals surface area contributed by atoms with E-state index in [-0.39, 0.29) is 0 Å². The van der Waals surface area contributed by atoms with Gasteiger partial charge in [0.05, 0.1) is 13.2 Å². The van der Waals surface area contributed by atoms with Gasteiger partial charge in [-0.2, -0.15) is 0 Å². The molecule has 74 valence electrons. The molecule has 0 bridgehead atoms. The zero-order valence-electron chi connectivity index (χ0n) is 8.00. The van der Waals surface area contributed by atoms with E-state index in [4.69, 9.17) is 4.74 Å². The fraction of sp³-hybridized carbons (Fsp3) is 0.900. The van der Waals surface area contributed by atoms with E-state index < -0.39 is 0 Å². The first-order valence-corrected chi connectivity index (χ1v) is 5.19. The second kappa shape index (κ2) is 4.20. The summed E-state index contributed by atoms with van der Waals surface area (Å²) in [5, 5.41) is 0. The summed E-state index contributed by atoms with van der Waals surface area (Å²) in [6.07, 6.45) is 3.03. The summed E-state index contributed by atoms with van der Waals surface area (Å²) in [7, 11) is 0. The van der Waals surface area contributed by atoms with Crippen molar-refractivity contribution >= 4 is 5.78 Å². The lowest BCUT2D eigenvalue weighted by molar-refractivity contribution is -0.121. The molecular weight excluding hydrogens is 166 g/mol. The van der Waals surface area contributed by atoms with Crippen molar-refractivity contribution in [2.75, 3.05) is 32.8 Å². The topological polar surface area (TPSA) is 29.5 Å². The monoisotopic (exact) mass is 183 g/mol. The van der Waals surface area contributed by atoms with Crippen LogP contribution in [0.4, 0.5) is 0 Å². The Balaban J connectivity index is 1.79. The van der Waals surface area contributed by atoms with Crippen molar-refractivity contribution in [2.24, 2.45) is 5.92 Å². The van der Waals surface area contributed by atoms with E-state index in [0.717, 1.165) is 52.1 Å². The predicted octanol–water partition coefficient (Wildman–Crippen LogP) is 0.688.